The molecule has 0 saturated carbocycles. The number of nitrogens with zero attached hydrogens (tertiary/aromatic N) is 3. The molecule has 6 heteroatoms. The highest BCUT2D eigenvalue weighted by atomic mass is 16.6. The van der Waals surface area contributed by atoms with Gasteiger partial charge in [-0.05, 0) is 37.0 Å². The van der Waals surface area contributed by atoms with Gasteiger partial charge in [0.05, 0.1) is 16.5 Å². The number of nitro groups is 1. The van der Waals surface area contributed by atoms with Crippen molar-refractivity contribution in [2.24, 2.45) is 0 Å². The Hall–Kier alpha value is -2.50. The predicted molar refractivity (Wildman–Crippen MR) is 74.3 cm³/mol. The summed E-state index contributed by atoms with van der Waals surface area (Å²) in [5, 5.41) is 11.2. The standard InChI is InChI=1S/C14H14N4O2/c15-12-7-6-11(18(19)20)14(17-12)10-5-1-3-9-4-2-8-16-13(9)10/h2,4,6-8,10H,1,3,5H2,(H2,15,17). The Bertz CT molecular complexity index is 672. The zero-order valence-corrected chi connectivity index (χ0v) is 10.8. The summed E-state index contributed by atoms with van der Waals surface area (Å²) in [6.45, 7) is 0. The number of aromatic nitrogens is 2. The molecule has 1 aliphatic rings. The van der Waals surface area contributed by atoms with Gasteiger partial charge in [0, 0.05) is 12.3 Å². The van der Waals surface area contributed by atoms with E-state index in [1.54, 1.807) is 6.20 Å². The third-order valence-electron chi connectivity index (χ3n) is 3.65. The number of fused-ring (bicyclic) bond motifs is 1. The van der Waals surface area contributed by atoms with Crippen molar-refractivity contribution in [2.45, 2.75) is 25.2 Å². The van der Waals surface area contributed by atoms with Gasteiger partial charge in [0.1, 0.15) is 11.5 Å². The van der Waals surface area contributed by atoms with Crippen molar-refractivity contribution in [2.75, 3.05) is 5.73 Å². The second-order valence-electron chi connectivity index (χ2n) is 4.89. The van der Waals surface area contributed by atoms with Crippen molar-refractivity contribution in [1.82, 2.24) is 9.97 Å². The molecule has 20 heavy (non-hydrogen) atoms. The van der Waals surface area contributed by atoms with Gasteiger partial charge in [0.15, 0.2) is 0 Å². The molecule has 0 fully saturated rings. The molecular weight excluding hydrogens is 256 g/mol. The summed E-state index contributed by atoms with van der Waals surface area (Å²) in [6, 6.07) is 6.80. The third-order valence-corrected chi connectivity index (χ3v) is 3.65. The molecule has 0 aromatic carbocycles. The first kappa shape index (κ1) is 12.5. The Kier molecular flexibility index (Phi) is 3.06. The number of rotatable bonds is 2. The highest BCUT2D eigenvalue weighted by Gasteiger charge is 2.30. The minimum absolute atomic E-state index is 0.0164. The topological polar surface area (TPSA) is 94.9 Å². The molecule has 102 valence electrons. The summed E-state index contributed by atoms with van der Waals surface area (Å²) in [5.74, 6) is 0.150. The maximum absolute atomic E-state index is 11.2. The van der Waals surface area contributed by atoms with Crippen LogP contribution in [-0.2, 0) is 6.42 Å². The van der Waals surface area contributed by atoms with Gasteiger partial charge in [-0.15, -0.1) is 0 Å². The van der Waals surface area contributed by atoms with Gasteiger partial charge in [-0.1, -0.05) is 6.07 Å². The molecule has 2 aromatic rings. The van der Waals surface area contributed by atoms with Crippen LogP contribution in [0.2, 0.25) is 0 Å². The van der Waals surface area contributed by atoms with E-state index in [1.165, 1.54) is 12.1 Å². The average molecular weight is 270 g/mol. The van der Waals surface area contributed by atoms with Gasteiger partial charge in [0.2, 0.25) is 0 Å². The number of aryl methyl sites for hydroxylation is 1. The van der Waals surface area contributed by atoms with Crippen LogP contribution in [0.3, 0.4) is 0 Å². The maximum atomic E-state index is 11.2. The lowest BCUT2D eigenvalue weighted by Crippen LogP contribution is -2.16. The van der Waals surface area contributed by atoms with Crippen molar-refractivity contribution in [3.8, 4) is 0 Å². The highest BCUT2D eigenvalue weighted by Crippen LogP contribution is 2.38. The van der Waals surface area contributed by atoms with E-state index < -0.39 is 4.92 Å². The molecule has 0 aliphatic heterocycles. The molecule has 3 rings (SSSR count). The summed E-state index contributed by atoms with van der Waals surface area (Å²) in [7, 11) is 0. The monoisotopic (exact) mass is 270 g/mol. The van der Waals surface area contributed by atoms with Crippen LogP contribution in [0.4, 0.5) is 11.5 Å². The molecule has 1 aliphatic carbocycles. The Balaban J connectivity index is 2.15. The number of nitrogen functional groups attached to an aromatic ring is 1. The van der Waals surface area contributed by atoms with E-state index in [0.29, 0.717) is 11.5 Å². The lowest BCUT2D eigenvalue weighted by molar-refractivity contribution is -0.386. The summed E-state index contributed by atoms with van der Waals surface area (Å²) >= 11 is 0. The molecular formula is C14H14N4O2. The van der Waals surface area contributed by atoms with E-state index in [-0.39, 0.29) is 11.6 Å². The minimum Gasteiger partial charge on any atom is -0.384 e. The molecule has 1 atom stereocenters. The van der Waals surface area contributed by atoms with Crippen LogP contribution >= 0.6 is 0 Å². The molecule has 0 bridgehead atoms. The fraction of sp³-hybridized carbons (Fsp3) is 0.286. The van der Waals surface area contributed by atoms with E-state index >= 15 is 0 Å². The van der Waals surface area contributed by atoms with E-state index in [2.05, 4.69) is 9.97 Å². The molecule has 0 spiro atoms. The fourth-order valence-corrected chi connectivity index (χ4v) is 2.77. The van der Waals surface area contributed by atoms with Crippen LogP contribution in [0.15, 0.2) is 30.5 Å². The zero-order valence-electron chi connectivity index (χ0n) is 10.8. The van der Waals surface area contributed by atoms with Crippen LogP contribution < -0.4 is 5.73 Å². The number of pyridine rings is 2. The fourth-order valence-electron chi connectivity index (χ4n) is 2.77. The Morgan fingerprint density at radius 1 is 1.30 bits per heavy atom. The summed E-state index contributed by atoms with van der Waals surface area (Å²) in [4.78, 5) is 19.4. The van der Waals surface area contributed by atoms with Crippen LogP contribution in [-0.4, -0.2) is 14.9 Å². The first-order valence-corrected chi connectivity index (χ1v) is 6.51. The first-order chi connectivity index (χ1) is 9.66. The number of hydrogen-bond acceptors (Lipinski definition) is 5. The minimum atomic E-state index is -0.404. The SMILES string of the molecule is Nc1ccc([N+](=O)[O-])c(C2CCCc3cccnc32)n1. The van der Waals surface area contributed by atoms with Crippen LogP contribution in [0.5, 0.6) is 0 Å². The summed E-state index contributed by atoms with van der Waals surface area (Å²) in [6.07, 6.45) is 4.45. The van der Waals surface area contributed by atoms with E-state index in [9.17, 15) is 10.1 Å². The van der Waals surface area contributed by atoms with Gasteiger partial charge in [0.25, 0.3) is 5.69 Å². The first-order valence-electron chi connectivity index (χ1n) is 6.51. The average Bonchev–Trinajstić information content (AvgIpc) is 2.46. The predicted octanol–water partition coefficient (Wildman–Crippen LogP) is 2.44. The lowest BCUT2D eigenvalue weighted by atomic mass is 9.84. The number of anilines is 1. The molecule has 6 nitrogen and oxygen atoms in total. The van der Waals surface area contributed by atoms with Crippen molar-refractivity contribution in [1.29, 1.82) is 0 Å². The molecule has 1 unspecified atom stereocenters. The number of hydrogen-bond donors (Lipinski definition) is 1. The van der Waals surface area contributed by atoms with Crippen molar-refractivity contribution < 1.29 is 4.92 Å². The Labute approximate surface area is 115 Å². The Morgan fingerprint density at radius 2 is 2.15 bits per heavy atom. The van der Waals surface area contributed by atoms with Gasteiger partial charge in [-0.2, -0.15) is 0 Å². The van der Waals surface area contributed by atoms with E-state index in [1.807, 2.05) is 12.1 Å². The Morgan fingerprint density at radius 3 is 2.95 bits per heavy atom. The van der Waals surface area contributed by atoms with E-state index in [0.717, 1.165) is 30.5 Å². The van der Waals surface area contributed by atoms with E-state index in [4.69, 9.17) is 5.73 Å². The van der Waals surface area contributed by atoms with Crippen LogP contribution in [0, 0.1) is 10.1 Å². The normalized spacial score (nSPS) is 17.5. The highest BCUT2D eigenvalue weighted by molar-refractivity contribution is 5.48. The third kappa shape index (κ3) is 2.09. The van der Waals surface area contributed by atoms with Crippen molar-refractivity contribution in [3.05, 3.63) is 57.5 Å². The molecule has 0 saturated heterocycles. The van der Waals surface area contributed by atoms with Gasteiger partial charge in [-0.3, -0.25) is 15.1 Å². The maximum Gasteiger partial charge on any atom is 0.291 e. The van der Waals surface area contributed by atoms with Crippen molar-refractivity contribution >= 4 is 11.5 Å². The van der Waals surface area contributed by atoms with Crippen molar-refractivity contribution in [3.63, 3.8) is 0 Å². The van der Waals surface area contributed by atoms with Crippen LogP contribution in [0.25, 0.3) is 0 Å². The molecule has 0 radical (unpaired) electrons. The zero-order chi connectivity index (χ0) is 14.1. The quantitative estimate of drug-likeness (QED) is 0.668. The van der Waals surface area contributed by atoms with Gasteiger partial charge >= 0.3 is 0 Å². The van der Waals surface area contributed by atoms with Gasteiger partial charge < -0.3 is 5.73 Å². The number of nitrogens with two attached hydrogens (primary N) is 1. The van der Waals surface area contributed by atoms with Gasteiger partial charge in [-0.25, -0.2) is 4.98 Å². The molecule has 2 heterocycles. The summed E-state index contributed by atoms with van der Waals surface area (Å²) < 4.78 is 0. The lowest BCUT2D eigenvalue weighted by Gasteiger charge is -2.23. The summed E-state index contributed by atoms with van der Waals surface area (Å²) in [5.41, 5.74) is 8.17. The largest absolute Gasteiger partial charge is 0.384 e. The second kappa shape index (κ2) is 4.88. The van der Waals surface area contributed by atoms with Crippen LogP contribution in [0.1, 0.15) is 35.7 Å². The molecule has 2 aromatic heterocycles. The second-order valence-corrected chi connectivity index (χ2v) is 4.89. The smallest absolute Gasteiger partial charge is 0.291 e. The molecule has 0 amide bonds. The molecule has 2 N–H and O–H groups in total.